The van der Waals surface area contributed by atoms with E-state index in [1.165, 1.54) is 22.4 Å². The number of fused-ring (bicyclic) bond motifs is 1. The molecule has 0 saturated heterocycles. The number of nitrogens with one attached hydrogen (secondary N) is 2. The van der Waals surface area contributed by atoms with E-state index in [9.17, 15) is 9.59 Å². The lowest BCUT2D eigenvalue weighted by atomic mass is 9.92. The molecule has 0 aliphatic rings. The third kappa shape index (κ3) is 5.18. The molecular weight excluding hydrogens is 482 g/mol. The molecule has 4 aromatic heterocycles. The number of pyridine rings is 2. The lowest BCUT2D eigenvalue weighted by Gasteiger charge is -2.19. The zero-order valence-corrected chi connectivity index (χ0v) is 21.6. The molecule has 0 atom stereocenters. The largest absolute Gasteiger partial charge is 0.480 e. The van der Waals surface area contributed by atoms with Gasteiger partial charge in [0.25, 0.3) is 11.8 Å². The van der Waals surface area contributed by atoms with E-state index in [4.69, 9.17) is 16.3 Å². The zero-order valence-electron chi connectivity index (χ0n) is 20.8. The van der Waals surface area contributed by atoms with Gasteiger partial charge in [-0.05, 0) is 48.6 Å². The predicted octanol–water partition coefficient (Wildman–Crippen LogP) is 4.30. The van der Waals surface area contributed by atoms with E-state index in [-0.39, 0.29) is 34.4 Å². The number of anilines is 1. The van der Waals surface area contributed by atoms with E-state index < -0.39 is 5.91 Å². The summed E-state index contributed by atoms with van der Waals surface area (Å²) in [5, 5.41) is 14.8. The lowest BCUT2D eigenvalue weighted by Crippen LogP contribution is -2.31. The number of halogens is 1. The molecule has 2 N–H and O–H groups in total. The number of carbonyl (C=O) groups excluding carboxylic acids is 2. The van der Waals surface area contributed by atoms with Gasteiger partial charge < -0.3 is 15.4 Å². The molecular formula is C25H28ClN7O3. The molecule has 188 valence electrons. The molecule has 10 nitrogen and oxygen atoms in total. The van der Waals surface area contributed by atoms with Gasteiger partial charge in [0.1, 0.15) is 5.69 Å². The Morgan fingerprint density at radius 2 is 1.92 bits per heavy atom. The highest BCUT2D eigenvalue weighted by Crippen LogP contribution is 2.27. The van der Waals surface area contributed by atoms with Crippen LogP contribution in [0.5, 0.6) is 5.88 Å². The van der Waals surface area contributed by atoms with Crippen LogP contribution in [0.4, 0.5) is 5.69 Å². The molecule has 2 amide bonds. The van der Waals surface area contributed by atoms with Gasteiger partial charge in [-0.2, -0.15) is 5.10 Å². The first kappa shape index (κ1) is 25.2. The minimum atomic E-state index is -0.522. The predicted molar refractivity (Wildman–Crippen MR) is 137 cm³/mol. The molecule has 0 saturated carbocycles. The van der Waals surface area contributed by atoms with E-state index in [0.29, 0.717) is 22.8 Å². The minimum Gasteiger partial charge on any atom is -0.480 e. The third-order valence-corrected chi connectivity index (χ3v) is 5.86. The van der Waals surface area contributed by atoms with Crippen molar-refractivity contribution in [2.45, 2.75) is 34.1 Å². The van der Waals surface area contributed by atoms with Crippen molar-refractivity contribution >= 4 is 34.6 Å². The van der Waals surface area contributed by atoms with E-state index in [1.807, 2.05) is 13.0 Å². The highest BCUT2D eigenvalue weighted by atomic mass is 35.5. The topological polar surface area (TPSA) is 115 Å². The van der Waals surface area contributed by atoms with Gasteiger partial charge in [-0.1, -0.05) is 32.4 Å². The number of methoxy groups -OCH3 is 1. The number of ether oxygens (including phenoxy) is 1. The number of hydrogen-bond acceptors (Lipinski definition) is 6. The standard InChI is InChI=1S/C25H28ClN7O3/c1-15-13-16-8-11-29-32(16)21(24(35)28-12-9-25(2,3)4)20(15)30-23(34)18-14-19(36-5)31-33(18)22-17(26)7-6-10-27-22/h6-8,10-11,13-14H,9,12H2,1-5H3,(H,28,35)(H,30,34). The Kier molecular flexibility index (Phi) is 6.98. The first-order chi connectivity index (χ1) is 17.1. The monoisotopic (exact) mass is 509 g/mol. The molecule has 0 unspecified atom stereocenters. The number of carbonyl (C=O) groups is 2. The number of rotatable bonds is 7. The van der Waals surface area contributed by atoms with Crippen LogP contribution in [0.2, 0.25) is 5.02 Å². The Morgan fingerprint density at radius 3 is 2.61 bits per heavy atom. The van der Waals surface area contributed by atoms with Crippen molar-refractivity contribution in [3.05, 3.63) is 64.7 Å². The summed E-state index contributed by atoms with van der Waals surface area (Å²) in [4.78, 5) is 31.1. The fraction of sp³-hybridized carbons (Fsp3) is 0.320. The van der Waals surface area contributed by atoms with E-state index in [0.717, 1.165) is 11.9 Å². The van der Waals surface area contributed by atoms with Gasteiger partial charge in [-0.15, -0.1) is 5.10 Å². The van der Waals surface area contributed by atoms with Crippen LogP contribution in [0.1, 0.15) is 53.7 Å². The molecule has 0 aliphatic heterocycles. The van der Waals surface area contributed by atoms with Crippen molar-refractivity contribution in [1.29, 1.82) is 0 Å². The maximum atomic E-state index is 13.5. The normalized spacial score (nSPS) is 11.5. The number of nitrogens with zero attached hydrogens (tertiary/aromatic N) is 5. The highest BCUT2D eigenvalue weighted by molar-refractivity contribution is 6.32. The fourth-order valence-corrected chi connectivity index (χ4v) is 3.89. The van der Waals surface area contributed by atoms with Gasteiger partial charge in [0, 0.05) is 18.8 Å². The van der Waals surface area contributed by atoms with E-state index in [2.05, 4.69) is 46.6 Å². The molecule has 4 rings (SSSR count). The average Bonchev–Trinajstić information content (AvgIpc) is 3.45. The van der Waals surface area contributed by atoms with E-state index >= 15 is 0 Å². The summed E-state index contributed by atoms with van der Waals surface area (Å²) >= 11 is 6.31. The molecule has 11 heteroatoms. The summed E-state index contributed by atoms with van der Waals surface area (Å²) in [6.45, 7) is 8.62. The molecule has 0 bridgehead atoms. The molecule has 4 aromatic rings. The maximum absolute atomic E-state index is 13.5. The number of aromatic nitrogens is 5. The first-order valence-electron chi connectivity index (χ1n) is 11.4. The molecule has 0 aromatic carbocycles. The van der Waals surface area contributed by atoms with Gasteiger partial charge >= 0.3 is 0 Å². The second-order valence-electron chi connectivity index (χ2n) is 9.53. The Labute approximate surface area is 213 Å². The number of aryl methyl sites for hydroxylation is 1. The van der Waals surface area contributed by atoms with Gasteiger partial charge in [-0.25, -0.2) is 14.2 Å². The van der Waals surface area contributed by atoms with Crippen molar-refractivity contribution in [3.63, 3.8) is 0 Å². The van der Waals surface area contributed by atoms with Crippen molar-refractivity contribution in [2.75, 3.05) is 19.0 Å². The SMILES string of the molecule is COc1cc(C(=O)Nc2c(C)cc3ccnn3c2C(=O)NCCC(C)(C)C)n(-c2ncccc2Cl)n1. The molecule has 0 aliphatic carbocycles. The van der Waals surface area contributed by atoms with Gasteiger partial charge in [0.15, 0.2) is 11.5 Å². The summed E-state index contributed by atoms with van der Waals surface area (Å²) < 4.78 is 8.06. The van der Waals surface area contributed by atoms with Crippen LogP contribution in [-0.4, -0.2) is 49.8 Å². The van der Waals surface area contributed by atoms with Crippen molar-refractivity contribution in [1.82, 2.24) is 29.7 Å². The van der Waals surface area contributed by atoms with Crippen LogP contribution in [-0.2, 0) is 0 Å². The molecule has 0 spiro atoms. The zero-order chi connectivity index (χ0) is 26.0. The van der Waals surface area contributed by atoms with Crippen LogP contribution < -0.4 is 15.4 Å². The summed E-state index contributed by atoms with van der Waals surface area (Å²) in [5.74, 6) is -0.384. The van der Waals surface area contributed by atoms with Crippen LogP contribution in [0, 0.1) is 12.3 Å². The van der Waals surface area contributed by atoms with Crippen molar-refractivity contribution < 1.29 is 14.3 Å². The van der Waals surface area contributed by atoms with Gasteiger partial charge in [0.05, 0.1) is 29.5 Å². The summed E-state index contributed by atoms with van der Waals surface area (Å²) in [7, 11) is 1.45. The number of amides is 2. The summed E-state index contributed by atoms with van der Waals surface area (Å²) in [6.07, 6.45) is 3.94. The lowest BCUT2D eigenvalue weighted by molar-refractivity contribution is 0.0943. The maximum Gasteiger partial charge on any atom is 0.274 e. The van der Waals surface area contributed by atoms with Crippen molar-refractivity contribution in [2.24, 2.45) is 5.41 Å². The first-order valence-corrected chi connectivity index (χ1v) is 11.8. The summed E-state index contributed by atoms with van der Waals surface area (Å²) in [5.41, 5.74) is 2.19. The van der Waals surface area contributed by atoms with E-state index in [1.54, 1.807) is 30.6 Å². The molecule has 0 fully saturated rings. The molecule has 36 heavy (non-hydrogen) atoms. The quantitative estimate of drug-likeness (QED) is 0.383. The Bertz CT molecular complexity index is 1440. The second kappa shape index (κ2) is 9.98. The van der Waals surface area contributed by atoms with Crippen LogP contribution >= 0.6 is 11.6 Å². The van der Waals surface area contributed by atoms with Crippen molar-refractivity contribution in [3.8, 4) is 11.7 Å². The molecule has 4 heterocycles. The fourth-order valence-electron chi connectivity index (χ4n) is 3.69. The second-order valence-corrected chi connectivity index (χ2v) is 9.94. The Balaban J connectivity index is 1.73. The van der Waals surface area contributed by atoms with Gasteiger partial charge in [-0.3, -0.25) is 9.59 Å². The Morgan fingerprint density at radius 1 is 1.14 bits per heavy atom. The minimum absolute atomic E-state index is 0.0577. The average molecular weight is 510 g/mol. The van der Waals surface area contributed by atoms with Gasteiger partial charge in [0.2, 0.25) is 5.88 Å². The molecule has 0 radical (unpaired) electrons. The van der Waals surface area contributed by atoms with Crippen LogP contribution in [0.25, 0.3) is 11.3 Å². The Hall–Kier alpha value is -3.92. The smallest absolute Gasteiger partial charge is 0.274 e. The summed E-state index contributed by atoms with van der Waals surface area (Å²) in [6, 6.07) is 8.45. The van der Waals surface area contributed by atoms with Crippen LogP contribution in [0.3, 0.4) is 0 Å². The van der Waals surface area contributed by atoms with Crippen LogP contribution in [0.15, 0.2) is 42.7 Å². The highest BCUT2D eigenvalue weighted by Gasteiger charge is 2.25. The third-order valence-electron chi connectivity index (χ3n) is 5.56. The number of hydrogen-bond donors (Lipinski definition) is 2.